The summed E-state index contributed by atoms with van der Waals surface area (Å²) in [5, 5.41) is 8.59. The minimum absolute atomic E-state index is 0.153. The first-order chi connectivity index (χ1) is 9.95. The molecule has 0 atom stereocenters. The van der Waals surface area contributed by atoms with E-state index in [-0.39, 0.29) is 11.3 Å². The highest BCUT2D eigenvalue weighted by atomic mass is 19.4. The van der Waals surface area contributed by atoms with E-state index in [4.69, 9.17) is 0 Å². The molecule has 2 heterocycles. The van der Waals surface area contributed by atoms with E-state index in [1.165, 1.54) is 6.20 Å². The normalized spacial score (nSPS) is 11.8. The van der Waals surface area contributed by atoms with Crippen LogP contribution < -0.4 is 5.56 Å². The van der Waals surface area contributed by atoms with Crippen LogP contribution in [0.4, 0.5) is 13.2 Å². The molecule has 0 aliphatic heterocycles. The number of hydrogen-bond acceptors (Lipinski definition) is 3. The molecule has 2 aromatic heterocycles. The number of benzene rings is 1. The zero-order valence-electron chi connectivity index (χ0n) is 10.5. The van der Waals surface area contributed by atoms with Gasteiger partial charge in [0.2, 0.25) is 0 Å². The smallest absolute Gasteiger partial charge is 0.328 e. The number of hydrogen-bond donors (Lipinski definition) is 1. The van der Waals surface area contributed by atoms with Crippen LogP contribution in [0.25, 0.3) is 22.2 Å². The van der Waals surface area contributed by atoms with Gasteiger partial charge in [0.15, 0.2) is 0 Å². The highest BCUT2D eigenvalue weighted by molar-refractivity contribution is 5.81. The van der Waals surface area contributed by atoms with E-state index in [0.717, 1.165) is 11.5 Å². The van der Waals surface area contributed by atoms with E-state index in [0.29, 0.717) is 5.52 Å². The monoisotopic (exact) mass is 291 g/mol. The molecule has 21 heavy (non-hydrogen) atoms. The van der Waals surface area contributed by atoms with Crippen molar-refractivity contribution in [3.05, 3.63) is 58.5 Å². The lowest BCUT2D eigenvalue weighted by atomic mass is 10.1. The zero-order chi connectivity index (χ0) is 15.0. The molecule has 0 aliphatic rings. The van der Waals surface area contributed by atoms with Crippen molar-refractivity contribution >= 4 is 10.9 Å². The Kier molecular flexibility index (Phi) is 2.97. The predicted molar refractivity (Wildman–Crippen MR) is 70.6 cm³/mol. The fourth-order valence-corrected chi connectivity index (χ4v) is 1.97. The van der Waals surface area contributed by atoms with E-state index in [1.54, 1.807) is 30.3 Å². The second kappa shape index (κ2) is 4.69. The van der Waals surface area contributed by atoms with Crippen molar-refractivity contribution in [2.45, 2.75) is 6.18 Å². The van der Waals surface area contributed by atoms with Gasteiger partial charge in [0, 0.05) is 17.1 Å². The summed E-state index contributed by atoms with van der Waals surface area (Å²) in [5.41, 5.74) is -1.38. The molecule has 0 amide bonds. The van der Waals surface area contributed by atoms with Crippen LogP contribution in [0.1, 0.15) is 5.56 Å². The third-order valence-corrected chi connectivity index (χ3v) is 3.00. The van der Waals surface area contributed by atoms with Crippen LogP contribution in [-0.4, -0.2) is 15.2 Å². The quantitative estimate of drug-likeness (QED) is 0.749. The topological polar surface area (TPSA) is 58.6 Å². The zero-order valence-corrected chi connectivity index (χ0v) is 10.5. The third kappa shape index (κ3) is 2.49. The van der Waals surface area contributed by atoms with E-state index in [2.05, 4.69) is 15.2 Å². The number of H-pyrrole nitrogens is 1. The molecule has 0 saturated heterocycles. The summed E-state index contributed by atoms with van der Waals surface area (Å²) in [7, 11) is 0. The summed E-state index contributed by atoms with van der Waals surface area (Å²) in [6.45, 7) is 0. The minimum atomic E-state index is -4.71. The Labute approximate surface area is 116 Å². The highest BCUT2D eigenvalue weighted by Gasteiger charge is 2.34. The molecule has 7 heteroatoms. The molecule has 4 nitrogen and oxygen atoms in total. The second-order valence-corrected chi connectivity index (χ2v) is 4.42. The highest BCUT2D eigenvalue weighted by Crippen LogP contribution is 2.29. The molecule has 0 fully saturated rings. The van der Waals surface area contributed by atoms with Gasteiger partial charge in [0.05, 0.1) is 11.2 Å². The van der Waals surface area contributed by atoms with E-state index in [9.17, 15) is 18.0 Å². The Morgan fingerprint density at radius 2 is 1.81 bits per heavy atom. The second-order valence-electron chi connectivity index (χ2n) is 4.42. The molecular weight excluding hydrogens is 283 g/mol. The van der Waals surface area contributed by atoms with Gasteiger partial charge < -0.3 is 4.98 Å². The number of alkyl halides is 3. The first kappa shape index (κ1) is 13.3. The van der Waals surface area contributed by atoms with Gasteiger partial charge in [-0.25, -0.2) is 0 Å². The Morgan fingerprint density at radius 1 is 1.05 bits per heavy atom. The van der Waals surface area contributed by atoms with Gasteiger partial charge in [0.25, 0.3) is 5.56 Å². The Bertz CT molecular complexity index is 871. The predicted octanol–water partition coefficient (Wildman–Crippen LogP) is 3.00. The summed E-state index contributed by atoms with van der Waals surface area (Å²) < 4.78 is 38.2. The van der Waals surface area contributed by atoms with Crippen molar-refractivity contribution in [2.75, 3.05) is 0 Å². The van der Waals surface area contributed by atoms with Gasteiger partial charge >= 0.3 is 6.18 Å². The molecule has 0 radical (unpaired) electrons. The fourth-order valence-electron chi connectivity index (χ4n) is 1.97. The number of rotatable bonds is 1. The lowest BCUT2D eigenvalue weighted by molar-refractivity contribution is -0.138. The Morgan fingerprint density at radius 3 is 2.57 bits per heavy atom. The van der Waals surface area contributed by atoms with E-state index in [1.807, 2.05) is 0 Å². The van der Waals surface area contributed by atoms with Crippen molar-refractivity contribution in [1.82, 2.24) is 15.2 Å². The molecule has 0 aliphatic carbocycles. The molecule has 0 bridgehead atoms. The maximum atomic E-state index is 12.7. The average Bonchev–Trinajstić information content (AvgIpc) is 2.46. The van der Waals surface area contributed by atoms with Crippen LogP contribution in [0.3, 0.4) is 0 Å². The SMILES string of the molecule is O=c1[nH]cc(-c2cc3ccccc3nn2)cc1C(F)(F)F. The van der Waals surface area contributed by atoms with Crippen molar-refractivity contribution in [2.24, 2.45) is 0 Å². The number of aromatic amines is 1. The van der Waals surface area contributed by atoms with Gasteiger partial charge in [-0.2, -0.15) is 13.2 Å². The van der Waals surface area contributed by atoms with Gasteiger partial charge in [0.1, 0.15) is 5.56 Å². The van der Waals surface area contributed by atoms with Crippen LogP contribution in [0, 0.1) is 0 Å². The van der Waals surface area contributed by atoms with Gasteiger partial charge in [-0.05, 0) is 18.2 Å². The van der Waals surface area contributed by atoms with Crippen molar-refractivity contribution in [3.63, 3.8) is 0 Å². The Hall–Kier alpha value is -2.70. The summed E-state index contributed by atoms with van der Waals surface area (Å²) in [6.07, 6.45) is -3.52. The number of pyridine rings is 1. The van der Waals surface area contributed by atoms with Crippen molar-refractivity contribution < 1.29 is 13.2 Å². The maximum absolute atomic E-state index is 12.7. The van der Waals surface area contributed by atoms with Crippen molar-refractivity contribution in [3.8, 4) is 11.3 Å². The molecule has 3 aromatic rings. The molecule has 0 spiro atoms. The molecule has 0 unspecified atom stereocenters. The first-order valence-electron chi connectivity index (χ1n) is 5.98. The minimum Gasteiger partial charge on any atom is -0.328 e. The van der Waals surface area contributed by atoms with Crippen LogP contribution in [0.5, 0.6) is 0 Å². The average molecular weight is 291 g/mol. The lowest BCUT2D eigenvalue weighted by Gasteiger charge is -2.07. The number of nitrogens with zero attached hydrogens (tertiary/aromatic N) is 2. The van der Waals surface area contributed by atoms with E-state index >= 15 is 0 Å². The van der Waals surface area contributed by atoms with Gasteiger partial charge in [-0.1, -0.05) is 18.2 Å². The van der Waals surface area contributed by atoms with Crippen LogP contribution >= 0.6 is 0 Å². The van der Waals surface area contributed by atoms with Crippen LogP contribution in [-0.2, 0) is 6.18 Å². The standard InChI is InChI=1S/C14H8F3N3O/c15-14(16,17)10-5-9(7-18-13(10)21)12-6-8-3-1-2-4-11(8)19-20-12/h1-7H,(H,18,21). The third-order valence-electron chi connectivity index (χ3n) is 3.00. The summed E-state index contributed by atoms with van der Waals surface area (Å²) in [5.74, 6) is 0. The molecule has 0 saturated carbocycles. The molecular formula is C14H8F3N3O. The molecule has 106 valence electrons. The maximum Gasteiger partial charge on any atom is 0.421 e. The van der Waals surface area contributed by atoms with Crippen LogP contribution in [0.2, 0.25) is 0 Å². The van der Waals surface area contributed by atoms with Crippen molar-refractivity contribution in [1.29, 1.82) is 0 Å². The number of aromatic nitrogens is 3. The molecule has 3 rings (SSSR count). The first-order valence-corrected chi connectivity index (χ1v) is 5.98. The number of halogens is 3. The molecule has 1 N–H and O–H groups in total. The van der Waals surface area contributed by atoms with Gasteiger partial charge in [-0.15, -0.1) is 10.2 Å². The molecule has 1 aromatic carbocycles. The Balaban J connectivity index is 2.16. The largest absolute Gasteiger partial charge is 0.421 e. The number of nitrogens with one attached hydrogen (secondary N) is 1. The van der Waals surface area contributed by atoms with Gasteiger partial charge in [-0.3, -0.25) is 4.79 Å². The van der Waals surface area contributed by atoms with Crippen LogP contribution in [0.15, 0.2) is 47.4 Å². The van der Waals surface area contributed by atoms with E-state index < -0.39 is 17.3 Å². The summed E-state index contributed by atoms with van der Waals surface area (Å²) >= 11 is 0. The summed E-state index contributed by atoms with van der Waals surface area (Å²) in [4.78, 5) is 13.3. The lowest BCUT2D eigenvalue weighted by Crippen LogP contribution is -2.21. The number of fused-ring (bicyclic) bond motifs is 1. The summed E-state index contributed by atoms with van der Waals surface area (Å²) in [6, 6.07) is 9.51. The fraction of sp³-hybridized carbons (Fsp3) is 0.0714.